The molecule has 1 saturated heterocycles. The molecule has 20 heavy (non-hydrogen) atoms. The Labute approximate surface area is 126 Å². The first-order valence-corrected chi connectivity index (χ1v) is 7.59. The van der Waals surface area contributed by atoms with Crippen LogP contribution in [0.3, 0.4) is 0 Å². The standard InChI is InChI=1S/C16H23ClN2O/c1-12(2)19-9-7-16(3,8-10-19)18-15(20)13-5-4-6-14(17)11-13/h4-6,11-12H,7-10H2,1-3H3,(H,18,20). The molecule has 0 aromatic heterocycles. The van der Waals surface area contributed by atoms with Crippen LogP contribution < -0.4 is 5.32 Å². The summed E-state index contributed by atoms with van der Waals surface area (Å²) < 4.78 is 0. The molecule has 1 amide bonds. The summed E-state index contributed by atoms with van der Waals surface area (Å²) in [6.07, 6.45) is 1.97. The largest absolute Gasteiger partial charge is 0.347 e. The molecule has 1 aliphatic rings. The van der Waals surface area contributed by atoms with E-state index < -0.39 is 0 Å². The number of carbonyl (C=O) groups excluding carboxylic acids is 1. The predicted octanol–water partition coefficient (Wildman–Crippen LogP) is 3.33. The van der Waals surface area contributed by atoms with E-state index >= 15 is 0 Å². The highest BCUT2D eigenvalue weighted by atomic mass is 35.5. The molecule has 0 unspecified atom stereocenters. The zero-order valence-corrected chi connectivity index (χ0v) is 13.2. The molecule has 0 bridgehead atoms. The van der Waals surface area contributed by atoms with Crippen molar-refractivity contribution in [3.05, 3.63) is 34.9 Å². The van der Waals surface area contributed by atoms with E-state index in [2.05, 4.69) is 31.0 Å². The molecule has 3 nitrogen and oxygen atoms in total. The number of halogens is 1. The second-order valence-electron chi connectivity index (χ2n) is 6.15. The molecule has 0 atom stereocenters. The van der Waals surface area contributed by atoms with Crippen LogP contribution in [-0.2, 0) is 0 Å². The van der Waals surface area contributed by atoms with Crippen molar-refractivity contribution in [2.45, 2.75) is 45.2 Å². The van der Waals surface area contributed by atoms with Gasteiger partial charge in [-0.05, 0) is 51.8 Å². The van der Waals surface area contributed by atoms with Gasteiger partial charge in [-0.2, -0.15) is 0 Å². The fourth-order valence-corrected chi connectivity index (χ4v) is 2.83. The van der Waals surface area contributed by atoms with E-state index in [0.717, 1.165) is 25.9 Å². The third-order valence-corrected chi connectivity index (χ3v) is 4.37. The van der Waals surface area contributed by atoms with E-state index in [0.29, 0.717) is 16.6 Å². The van der Waals surface area contributed by atoms with E-state index in [-0.39, 0.29) is 11.4 Å². The lowest BCUT2D eigenvalue weighted by atomic mass is 9.88. The van der Waals surface area contributed by atoms with Gasteiger partial charge in [0.25, 0.3) is 5.91 Å². The Balaban J connectivity index is 1.98. The summed E-state index contributed by atoms with van der Waals surface area (Å²) >= 11 is 5.93. The molecule has 0 saturated carbocycles. The Kier molecular flexibility index (Phi) is 4.71. The fraction of sp³-hybridized carbons (Fsp3) is 0.562. The Hall–Kier alpha value is -1.06. The maximum atomic E-state index is 12.3. The third kappa shape index (κ3) is 3.74. The number of hydrogen-bond acceptors (Lipinski definition) is 2. The molecule has 0 radical (unpaired) electrons. The SMILES string of the molecule is CC(C)N1CCC(C)(NC(=O)c2cccc(Cl)c2)CC1. The number of carbonyl (C=O) groups is 1. The van der Waals surface area contributed by atoms with E-state index in [1.807, 2.05) is 0 Å². The van der Waals surface area contributed by atoms with Gasteiger partial charge in [0.1, 0.15) is 0 Å². The van der Waals surface area contributed by atoms with E-state index in [9.17, 15) is 4.79 Å². The van der Waals surface area contributed by atoms with Crippen molar-refractivity contribution in [2.24, 2.45) is 0 Å². The third-order valence-electron chi connectivity index (χ3n) is 4.13. The van der Waals surface area contributed by atoms with Crippen LogP contribution in [0.5, 0.6) is 0 Å². The monoisotopic (exact) mass is 294 g/mol. The van der Waals surface area contributed by atoms with Crippen LogP contribution in [0.1, 0.15) is 44.0 Å². The first-order chi connectivity index (χ1) is 9.39. The maximum absolute atomic E-state index is 12.3. The van der Waals surface area contributed by atoms with Gasteiger partial charge in [0.05, 0.1) is 0 Å². The summed E-state index contributed by atoms with van der Waals surface area (Å²) in [6, 6.07) is 7.67. The molecule has 2 rings (SSSR count). The average Bonchev–Trinajstić information content (AvgIpc) is 2.38. The van der Waals surface area contributed by atoms with E-state index in [1.54, 1.807) is 24.3 Å². The van der Waals surface area contributed by atoms with Crippen LogP contribution in [0.4, 0.5) is 0 Å². The number of hydrogen-bond donors (Lipinski definition) is 1. The lowest BCUT2D eigenvalue weighted by Crippen LogP contribution is -2.54. The second kappa shape index (κ2) is 6.15. The lowest BCUT2D eigenvalue weighted by Gasteiger charge is -2.41. The van der Waals surface area contributed by atoms with Crippen LogP contribution in [0.2, 0.25) is 5.02 Å². The Morgan fingerprint density at radius 3 is 2.55 bits per heavy atom. The molecule has 1 fully saturated rings. The highest BCUT2D eigenvalue weighted by molar-refractivity contribution is 6.30. The Bertz CT molecular complexity index is 479. The number of amides is 1. The van der Waals surface area contributed by atoms with Crippen molar-refractivity contribution < 1.29 is 4.79 Å². The van der Waals surface area contributed by atoms with Crippen molar-refractivity contribution >= 4 is 17.5 Å². The summed E-state index contributed by atoms with van der Waals surface area (Å²) in [6.45, 7) is 8.63. The Morgan fingerprint density at radius 1 is 1.35 bits per heavy atom. The number of likely N-dealkylation sites (tertiary alicyclic amines) is 1. The predicted molar refractivity (Wildman–Crippen MR) is 83.3 cm³/mol. The quantitative estimate of drug-likeness (QED) is 0.927. The van der Waals surface area contributed by atoms with Crippen molar-refractivity contribution in [2.75, 3.05) is 13.1 Å². The molecule has 110 valence electrons. The second-order valence-corrected chi connectivity index (χ2v) is 6.59. The first-order valence-electron chi connectivity index (χ1n) is 7.22. The van der Waals surface area contributed by atoms with Crippen LogP contribution in [0.25, 0.3) is 0 Å². The number of benzene rings is 1. The van der Waals surface area contributed by atoms with Crippen LogP contribution in [0.15, 0.2) is 24.3 Å². The Morgan fingerprint density at radius 2 is 2.00 bits per heavy atom. The fourth-order valence-electron chi connectivity index (χ4n) is 2.63. The first kappa shape index (κ1) is 15.3. The van der Waals surface area contributed by atoms with Crippen molar-refractivity contribution in [3.63, 3.8) is 0 Å². The molecule has 0 aliphatic carbocycles. The van der Waals surface area contributed by atoms with Gasteiger partial charge in [-0.3, -0.25) is 4.79 Å². The van der Waals surface area contributed by atoms with Gasteiger partial charge < -0.3 is 10.2 Å². The average molecular weight is 295 g/mol. The molecular formula is C16H23ClN2O. The van der Waals surface area contributed by atoms with E-state index in [4.69, 9.17) is 11.6 Å². The highest BCUT2D eigenvalue weighted by Crippen LogP contribution is 2.23. The zero-order valence-electron chi connectivity index (χ0n) is 12.4. The summed E-state index contributed by atoms with van der Waals surface area (Å²) in [5.41, 5.74) is 0.509. The molecule has 0 spiro atoms. The van der Waals surface area contributed by atoms with Crippen LogP contribution in [0, 0.1) is 0 Å². The smallest absolute Gasteiger partial charge is 0.251 e. The zero-order chi connectivity index (χ0) is 14.8. The number of rotatable bonds is 3. The summed E-state index contributed by atoms with van der Waals surface area (Å²) in [4.78, 5) is 14.8. The van der Waals surface area contributed by atoms with Gasteiger partial charge in [-0.15, -0.1) is 0 Å². The number of piperidine rings is 1. The maximum Gasteiger partial charge on any atom is 0.251 e. The lowest BCUT2D eigenvalue weighted by molar-refractivity contribution is 0.0801. The minimum absolute atomic E-state index is 0.0343. The van der Waals surface area contributed by atoms with Crippen molar-refractivity contribution in [1.82, 2.24) is 10.2 Å². The molecule has 1 N–H and O–H groups in total. The van der Waals surface area contributed by atoms with Gasteiger partial charge in [-0.1, -0.05) is 17.7 Å². The molecule has 1 aliphatic heterocycles. The normalized spacial score (nSPS) is 19.1. The molecular weight excluding hydrogens is 272 g/mol. The van der Waals surface area contributed by atoms with Gasteiger partial charge in [0, 0.05) is 35.3 Å². The van der Waals surface area contributed by atoms with E-state index in [1.165, 1.54) is 0 Å². The summed E-state index contributed by atoms with van der Waals surface area (Å²) in [5, 5.41) is 3.77. The molecule has 4 heteroatoms. The molecule has 1 aromatic rings. The number of nitrogens with zero attached hydrogens (tertiary/aromatic N) is 1. The topological polar surface area (TPSA) is 32.3 Å². The summed E-state index contributed by atoms with van der Waals surface area (Å²) in [5.74, 6) is -0.0343. The van der Waals surface area contributed by atoms with Crippen LogP contribution in [-0.4, -0.2) is 35.5 Å². The van der Waals surface area contributed by atoms with Crippen molar-refractivity contribution in [1.29, 1.82) is 0 Å². The van der Waals surface area contributed by atoms with Gasteiger partial charge in [0.2, 0.25) is 0 Å². The molecule has 1 heterocycles. The van der Waals surface area contributed by atoms with Gasteiger partial charge >= 0.3 is 0 Å². The number of nitrogens with one attached hydrogen (secondary N) is 1. The minimum atomic E-state index is -0.120. The van der Waals surface area contributed by atoms with Crippen LogP contribution >= 0.6 is 11.6 Å². The van der Waals surface area contributed by atoms with Crippen molar-refractivity contribution in [3.8, 4) is 0 Å². The van der Waals surface area contributed by atoms with Gasteiger partial charge in [-0.25, -0.2) is 0 Å². The van der Waals surface area contributed by atoms with Gasteiger partial charge in [0.15, 0.2) is 0 Å². The summed E-state index contributed by atoms with van der Waals surface area (Å²) in [7, 11) is 0. The highest BCUT2D eigenvalue weighted by Gasteiger charge is 2.32. The molecule has 1 aromatic carbocycles. The minimum Gasteiger partial charge on any atom is -0.347 e.